The highest BCUT2D eigenvalue weighted by atomic mass is 19.1. The lowest BCUT2D eigenvalue weighted by molar-refractivity contribution is 0.265. The summed E-state index contributed by atoms with van der Waals surface area (Å²) in [5, 5.41) is 4.69. The lowest BCUT2D eigenvalue weighted by atomic mass is 10.1. The van der Waals surface area contributed by atoms with Crippen molar-refractivity contribution in [2.45, 2.75) is 25.3 Å². The lowest BCUT2D eigenvalue weighted by Crippen LogP contribution is -2.62. The predicted octanol–water partition coefficient (Wildman–Crippen LogP) is 2.73. The van der Waals surface area contributed by atoms with E-state index in [1.165, 1.54) is 11.2 Å². The Morgan fingerprint density at radius 2 is 1.93 bits per heavy atom. The molecule has 2 aromatic carbocycles. The van der Waals surface area contributed by atoms with Gasteiger partial charge in [-0.3, -0.25) is 21.3 Å². The van der Waals surface area contributed by atoms with E-state index in [1.54, 1.807) is 6.07 Å². The van der Waals surface area contributed by atoms with Crippen molar-refractivity contribution >= 4 is 11.8 Å². The second-order valence-corrected chi connectivity index (χ2v) is 7.34. The molecular weight excluding hydrogens is 355 g/mol. The zero-order chi connectivity index (χ0) is 19.5. The first-order chi connectivity index (χ1) is 13.6. The number of benzene rings is 2. The fraction of sp³-hybridized carbons (Fsp3) is 0.333. The van der Waals surface area contributed by atoms with Gasteiger partial charge in [-0.25, -0.2) is 4.39 Å². The van der Waals surface area contributed by atoms with Gasteiger partial charge in [0.05, 0.1) is 12.6 Å². The number of nitrogens with zero attached hydrogens (tertiary/aromatic N) is 3. The fourth-order valence-electron chi connectivity index (χ4n) is 3.54. The summed E-state index contributed by atoms with van der Waals surface area (Å²) in [6.45, 7) is 3.12. The third-order valence-electron chi connectivity index (χ3n) is 5.17. The zero-order valence-electron chi connectivity index (χ0n) is 15.8. The Morgan fingerprint density at radius 3 is 2.71 bits per heavy atom. The maximum atomic E-state index is 13.9. The van der Waals surface area contributed by atoms with Gasteiger partial charge in [0.1, 0.15) is 11.7 Å². The van der Waals surface area contributed by atoms with Crippen LogP contribution >= 0.6 is 0 Å². The molecule has 0 radical (unpaired) electrons. The molecule has 0 spiro atoms. The highest BCUT2D eigenvalue weighted by molar-refractivity contribution is 6.02. The van der Waals surface area contributed by atoms with Crippen LogP contribution in [0.25, 0.3) is 0 Å². The number of aliphatic imine (C=N–C) groups is 2. The molecule has 1 aliphatic carbocycles. The van der Waals surface area contributed by atoms with Gasteiger partial charge >= 0.3 is 0 Å². The van der Waals surface area contributed by atoms with Crippen LogP contribution in [0.1, 0.15) is 36.4 Å². The first-order valence-electron chi connectivity index (χ1n) is 9.56. The predicted molar refractivity (Wildman–Crippen MR) is 109 cm³/mol. The standard InChI is InChI=1S/C21H25FN6/c1-14(15-7-3-2-4-8-15)25-20-13-28(23)27-21(26-20)24-12-16-11-18(16)17-9-5-6-10-19(17)22/h2-10,14,16,18H,11-13,23H2,1H3,(H2,24,25,26,27)/t14-,16+,18-/m0/s1. The first-order valence-corrected chi connectivity index (χ1v) is 9.56. The molecular formula is C21H25FN6. The number of rotatable bonds is 5. The van der Waals surface area contributed by atoms with Crippen molar-refractivity contribution in [1.82, 2.24) is 15.9 Å². The minimum absolute atomic E-state index is 0.0188. The highest BCUT2D eigenvalue weighted by Crippen LogP contribution is 2.48. The van der Waals surface area contributed by atoms with Crippen LogP contribution in [0.5, 0.6) is 0 Å². The molecule has 7 heteroatoms. The summed E-state index contributed by atoms with van der Waals surface area (Å²) in [5.74, 6) is 7.76. The van der Waals surface area contributed by atoms with Crippen LogP contribution < -0.4 is 16.6 Å². The Kier molecular flexibility index (Phi) is 5.36. The third kappa shape index (κ3) is 4.37. The van der Waals surface area contributed by atoms with Crippen molar-refractivity contribution in [3.05, 3.63) is 71.5 Å². The van der Waals surface area contributed by atoms with E-state index in [0.29, 0.717) is 25.0 Å². The number of hydrogen-bond donors (Lipinski definition) is 3. The topological polar surface area (TPSA) is 78.0 Å². The van der Waals surface area contributed by atoms with E-state index >= 15 is 0 Å². The number of hydrazine groups is 2. The van der Waals surface area contributed by atoms with E-state index in [-0.39, 0.29) is 17.8 Å². The van der Waals surface area contributed by atoms with Gasteiger partial charge in [0.15, 0.2) is 0 Å². The summed E-state index contributed by atoms with van der Waals surface area (Å²) in [5.41, 5.74) is 4.93. The van der Waals surface area contributed by atoms with Crippen molar-refractivity contribution in [2.24, 2.45) is 21.7 Å². The third-order valence-corrected chi connectivity index (χ3v) is 5.17. The van der Waals surface area contributed by atoms with Gasteiger partial charge < -0.3 is 5.32 Å². The molecule has 3 atom stereocenters. The fourth-order valence-corrected chi connectivity index (χ4v) is 3.54. The molecule has 4 N–H and O–H groups in total. The molecule has 146 valence electrons. The molecule has 0 amide bonds. The van der Waals surface area contributed by atoms with Crippen LogP contribution in [0.3, 0.4) is 0 Å². The van der Waals surface area contributed by atoms with Crippen LogP contribution in [-0.4, -0.2) is 30.0 Å². The number of halogens is 1. The zero-order valence-corrected chi connectivity index (χ0v) is 15.8. The second-order valence-electron chi connectivity index (χ2n) is 7.34. The Bertz CT molecular complexity index is 881. The number of nitrogens with one attached hydrogen (secondary N) is 2. The van der Waals surface area contributed by atoms with Crippen LogP contribution in [0.15, 0.2) is 64.6 Å². The molecule has 1 aliphatic heterocycles. The van der Waals surface area contributed by atoms with Crippen molar-refractivity contribution in [2.75, 3.05) is 13.1 Å². The summed E-state index contributed by atoms with van der Waals surface area (Å²) in [4.78, 5) is 9.34. The van der Waals surface area contributed by atoms with Gasteiger partial charge in [0, 0.05) is 6.54 Å². The molecule has 2 aliphatic rings. The van der Waals surface area contributed by atoms with Crippen molar-refractivity contribution in [1.29, 1.82) is 0 Å². The average Bonchev–Trinajstić information content (AvgIpc) is 3.46. The van der Waals surface area contributed by atoms with Gasteiger partial charge in [-0.1, -0.05) is 48.5 Å². The van der Waals surface area contributed by atoms with Crippen LogP contribution in [0, 0.1) is 11.7 Å². The van der Waals surface area contributed by atoms with E-state index in [0.717, 1.165) is 23.4 Å². The summed E-state index contributed by atoms with van der Waals surface area (Å²) in [6.07, 6.45) is 0.954. The number of nitrogens with two attached hydrogens (primary N) is 1. The molecule has 1 saturated carbocycles. The number of guanidine groups is 1. The smallest absolute Gasteiger partial charge is 0.212 e. The van der Waals surface area contributed by atoms with Crippen LogP contribution in [0.2, 0.25) is 0 Å². The molecule has 1 saturated heterocycles. The normalized spacial score (nSPS) is 26.0. The van der Waals surface area contributed by atoms with E-state index in [2.05, 4.69) is 27.9 Å². The van der Waals surface area contributed by atoms with Gasteiger partial charge in [0.2, 0.25) is 5.96 Å². The van der Waals surface area contributed by atoms with Crippen molar-refractivity contribution in [3.8, 4) is 0 Å². The minimum Gasteiger partial charge on any atom is -0.312 e. The molecule has 0 unspecified atom stereocenters. The molecule has 28 heavy (non-hydrogen) atoms. The number of hydrogen-bond acceptors (Lipinski definition) is 4. The van der Waals surface area contributed by atoms with Gasteiger partial charge in [0.25, 0.3) is 0 Å². The SMILES string of the molecule is C[C@H](N=C1CN(N)NC(=NC[C@H]2C[C@@H]2c2ccccc2F)N1)c1ccccc1. The molecule has 1 heterocycles. The lowest BCUT2D eigenvalue weighted by Gasteiger charge is -2.28. The van der Waals surface area contributed by atoms with Gasteiger partial charge in [-0.05, 0) is 42.4 Å². The summed E-state index contributed by atoms with van der Waals surface area (Å²) >= 11 is 0. The molecule has 2 aromatic rings. The van der Waals surface area contributed by atoms with E-state index in [1.807, 2.05) is 37.3 Å². The largest absolute Gasteiger partial charge is 0.312 e. The first kappa shape index (κ1) is 18.6. The Morgan fingerprint density at radius 1 is 1.18 bits per heavy atom. The van der Waals surface area contributed by atoms with Gasteiger partial charge in [-0.15, -0.1) is 0 Å². The van der Waals surface area contributed by atoms with E-state index in [9.17, 15) is 4.39 Å². The van der Waals surface area contributed by atoms with E-state index in [4.69, 9.17) is 10.8 Å². The summed E-state index contributed by atoms with van der Waals surface area (Å²) < 4.78 is 13.9. The van der Waals surface area contributed by atoms with E-state index < -0.39 is 0 Å². The Hall–Kier alpha value is -2.77. The maximum Gasteiger partial charge on any atom is 0.212 e. The Balaban J connectivity index is 1.39. The average molecular weight is 380 g/mol. The Labute approximate surface area is 164 Å². The second kappa shape index (κ2) is 8.08. The summed E-state index contributed by atoms with van der Waals surface area (Å²) in [7, 11) is 0. The molecule has 0 aromatic heterocycles. The molecule has 6 nitrogen and oxygen atoms in total. The molecule has 0 bridgehead atoms. The van der Waals surface area contributed by atoms with Crippen molar-refractivity contribution < 1.29 is 4.39 Å². The molecule has 4 rings (SSSR count). The highest BCUT2D eigenvalue weighted by Gasteiger charge is 2.39. The van der Waals surface area contributed by atoms with Crippen LogP contribution in [0.4, 0.5) is 4.39 Å². The maximum absolute atomic E-state index is 13.9. The quantitative estimate of drug-likeness (QED) is 0.697. The van der Waals surface area contributed by atoms with Crippen LogP contribution in [-0.2, 0) is 0 Å². The molecule has 2 fully saturated rings. The number of amidine groups is 1. The summed E-state index contributed by atoms with van der Waals surface area (Å²) in [6, 6.07) is 17.1. The monoisotopic (exact) mass is 380 g/mol. The van der Waals surface area contributed by atoms with Gasteiger partial charge in [-0.2, -0.15) is 5.12 Å². The minimum atomic E-state index is -0.131. The van der Waals surface area contributed by atoms with Crippen molar-refractivity contribution in [3.63, 3.8) is 0 Å².